The quantitative estimate of drug-likeness (QED) is 0.496. The highest BCUT2D eigenvalue weighted by molar-refractivity contribution is 5.79. The molecule has 0 bridgehead atoms. The van der Waals surface area contributed by atoms with Gasteiger partial charge in [0.2, 0.25) is 5.75 Å². The highest BCUT2D eigenvalue weighted by Gasteiger charge is 2.13. The van der Waals surface area contributed by atoms with E-state index in [1.807, 2.05) is 32.0 Å². The summed E-state index contributed by atoms with van der Waals surface area (Å²) >= 11 is 0. The van der Waals surface area contributed by atoms with Gasteiger partial charge in [-0.2, -0.15) is 0 Å². The lowest BCUT2D eigenvalue weighted by Gasteiger charge is -2.15. The fourth-order valence-electron chi connectivity index (χ4n) is 2.92. The maximum Gasteiger partial charge on any atom is 0.203 e. The van der Waals surface area contributed by atoms with E-state index >= 15 is 0 Å². The number of ether oxygens (including phenoxy) is 4. The first kappa shape index (κ1) is 22.2. The maximum atomic E-state index is 5.48. The maximum absolute atomic E-state index is 5.48. The molecule has 2 aromatic carbocycles. The lowest BCUT2D eigenvalue weighted by atomic mass is 10.1. The molecule has 2 rings (SSSR count). The molecule has 7 nitrogen and oxygen atoms in total. The smallest absolute Gasteiger partial charge is 0.203 e. The van der Waals surface area contributed by atoms with E-state index in [9.17, 15) is 0 Å². The lowest BCUT2D eigenvalue weighted by Crippen LogP contribution is -2.36. The van der Waals surface area contributed by atoms with E-state index in [2.05, 4.69) is 27.8 Å². The topological polar surface area (TPSA) is 73.3 Å². The van der Waals surface area contributed by atoms with E-state index in [1.165, 1.54) is 0 Å². The van der Waals surface area contributed by atoms with E-state index in [1.54, 1.807) is 28.4 Å². The van der Waals surface area contributed by atoms with Gasteiger partial charge in [-0.25, -0.2) is 4.99 Å². The number of nitrogens with zero attached hydrogens (tertiary/aromatic N) is 1. The molecule has 7 heteroatoms. The summed E-state index contributed by atoms with van der Waals surface area (Å²) in [6.07, 6.45) is 0. The van der Waals surface area contributed by atoms with Gasteiger partial charge in [0, 0.05) is 18.7 Å². The molecule has 0 heterocycles. The minimum Gasteiger partial charge on any atom is -0.496 e. The van der Waals surface area contributed by atoms with Crippen molar-refractivity contribution in [3.63, 3.8) is 0 Å². The third-order valence-corrected chi connectivity index (χ3v) is 4.38. The highest BCUT2D eigenvalue weighted by atomic mass is 16.5. The van der Waals surface area contributed by atoms with Crippen LogP contribution in [-0.4, -0.2) is 40.9 Å². The predicted molar refractivity (Wildman–Crippen MR) is 115 cm³/mol. The lowest BCUT2D eigenvalue weighted by molar-refractivity contribution is 0.324. The van der Waals surface area contributed by atoms with Gasteiger partial charge < -0.3 is 29.6 Å². The van der Waals surface area contributed by atoms with Crippen molar-refractivity contribution in [1.29, 1.82) is 0 Å². The van der Waals surface area contributed by atoms with Crippen LogP contribution in [0.2, 0.25) is 0 Å². The van der Waals surface area contributed by atoms with Gasteiger partial charge in [0.15, 0.2) is 17.5 Å². The molecule has 0 unspecified atom stereocenters. The molecule has 0 spiro atoms. The van der Waals surface area contributed by atoms with Crippen molar-refractivity contribution in [2.24, 2.45) is 4.99 Å². The molecule has 0 aliphatic rings. The fourth-order valence-corrected chi connectivity index (χ4v) is 2.92. The van der Waals surface area contributed by atoms with E-state index < -0.39 is 0 Å². The Balaban J connectivity index is 2.17. The molecule has 2 N–H and O–H groups in total. The molecular weight excluding hydrogens is 370 g/mol. The van der Waals surface area contributed by atoms with Crippen molar-refractivity contribution in [1.82, 2.24) is 10.6 Å². The summed E-state index contributed by atoms with van der Waals surface area (Å²) in [7, 11) is 6.47. The van der Waals surface area contributed by atoms with E-state index in [0.29, 0.717) is 36.3 Å². The Bertz CT molecular complexity index is 812. The summed E-state index contributed by atoms with van der Waals surface area (Å²) in [4.78, 5) is 4.68. The Labute approximate surface area is 173 Å². The summed E-state index contributed by atoms with van der Waals surface area (Å²) in [6, 6.07) is 9.95. The molecule has 0 aromatic heterocycles. The molecule has 0 aliphatic carbocycles. The normalized spacial score (nSPS) is 11.0. The summed E-state index contributed by atoms with van der Waals surface area (Å²) in [5.74, 6) is 3.36. The van der Waals surface area contributed by atoms with Gasteiger partial charge in [-0.3, -0.25) is 0 Å². The van der Waals surface area contributed by atoms with Crippen LogP contribution in [-0.2, 0) is 13.1 Å². The van der Waals surface area contributed by atoms with Gasteiger partial charge in [0.05, 0.1) is 35.0 Å². The largest absolute Gasteiger partial charge is 0.496 e. The highest BCUT2D eigenvalue weighted by Crippen LogP contribution is 2.38. The SMILES string of the molecule is CCNC(=NCc1cc(OC)c(OC)c(OC)c1)NCc1ccc(C)cc1OC. The second kappa shape index (κ2) is 11.0. The van der Waals surface area contributed by atoms with E-state index in [0.717, 1.165) is 29.0 Å². The van der Waals surface area contributed by atoms with E-state index in [-0.39, 0.29) is 0 Å². The molecule has 29 heavy (non-hydrogen) atoms. The van der Waals surface area contributed by atoms with Crippen LogP contribution in [0.15, 0.2) is 35.3 Å². The first-order chi connectivity index (χ1) is 14.1. The number of hydrogen-bond donors (Lipinski definition) is 2. The van der Waals surface area contributed by atoms with Crippen molar-refractivity contribution < 1.29 is 18.9 Å². The number of guanidine groups is 1. The monoisotopic (exact) mass is 401 g/mol. The van der Waals surface area contributed by atoms with Gasteiger partial charge >= 0.3 is 0 Å². The molecule has 0 amide bonds. The summed E-state index contributed by atoms with van der Waals surface area (Å²) in [5, 5.41) is 6.62. The molecule has 0 aliphatic heterocycles. The Morgan fingerprint density at radius 2 is 1.52 bits per heavy atom. The van der Waals surface area contributed by atoms with Crippen molar-refractivity contribution in [2.45, 2.75) is 26.9 Å². The number of hydrogen-bond acceptors (Lipinski definition) is 5. The van der Waals surface area contributed by atoms with Crippen LogP contribution >= 0.6 is 0 Å². The second-order valence-electron chi connectivity index (χ2n) is 6.40. The number of rotatable bonds is 9. The molecule has 0 atom stereocenters. The standard InChI is InChI=1S/C22H31N3O4/c1-7-23-22(25-14-17-9-8-15(2)10-18(17)26-3)24-13-16-11-19(27-4)21(29-6)20(12-16)28-5/h8-12H,7,13-14H2,1-6H3,(H2,23,24,25). The second-order valence-corrected chi connectivity index (χ2v) is 6.40. The minimum atomic E-state index is 0.455. The number of aryl methyl sites for hydroxylation is 1. The van der Waals surface area contributed by atoms with Crippen LogP contribution in [0.5, 0.6) is 23.0 Å². The zero-order valence-corrected chi connectivity index (χ0v) is 18.1. The average Bonchev–Trinajstić information content (AvgIpc) is 2.75. The van der Waals surface area contributed by atoms with Crippen molar-refractivity contribution >= 4 is 5.96 Å². The number of aliphatic imine (C=N–C) groups is 1. The van der Waals surface area contributed by atoms with Crippen molar-refractivity contribution in [3.05, 3.63) is 47.0 Å². The molecule has 0 radical (unpaired) electrons. The van der Waals surface area contributed by atoms with Gasteiger partial charge in [-0.15, -0.1) is 0 Å². The van der Waals surface area contributed by atoms with Gasteiger partial charge in [-0.05, 0) is 43.2 Å². The molecule has 2 aromatic rings. The number of methoxy groups -OCH3 is 4. The molecular formula is C22H31N3O4. The van der Waals surface area contributed by atoms with Crippen LogP contribution < -0.4 is 29.6 Å². The average molecular weight is 402 g/mol. The number of nitrogens with one attached hydrogen (secondary N) is 2. The third-order valence-electron chi connectivity index (χ3n) is 4.38. The Kier molecular flexibility index (Phi) is 8.45. The fraction of sp³-hybridized carbons (Fsp3) is 0.409. The first-order valence-electron chi connectivity index (χ1n) is 9.50. The molecule has 0 fully saturated rings. The van der Waals surface area contributed by atoms with Crippen LogP contribution in [0.25, 0.3) is 0 Å². The van der Waals surface area contributed by atoms with Gasteiger partial charge in [-0.1, -0.05) is 12.1 Å². The van der Waals surface area contributed by atoms with Crippen LogP contribution in [0.1, 0.15) is 23.6 Å². The Hall–Kier alpha value is -3.09. The van der Waals surface area contributed by atoms with Crippen molar-refractivity contribution in [3.8, 4) is 23.0 Å². The number of benzene rings is 2. The molecule has 0 saturated heterocycles. The summed E-state index contributed by atoms with van der Waals surface area (Å²) in [6.45, 7) is 5.89. The van der Waals surface area contributed by atoms with Crippen LogP contribution in [0.3, 0.4) is 0 Å². The minimum absolute atomic E-state index is 0.455. The third kappa shape index (κ3) is 5.94. The predicted octanol–water partition coefficient (Wildman–Crippen LogP) is 3.28. The Morgan fingerprint density at radius 3 is 2.07 bits per heavy atom. The first-order valence-corrected chi connectivity index (χ1v) is 9.50. The molecule has 0 saturated carbocycles. The Morgan fingerprint density at radius 1 is 0.862 bits per heavy atom. The zero-order valence-electron chi connectivity index (χ0n) is 18.1. The summed E-state index contributed by atoms with van der Waals surface area (Å²) < 4.78 is 21.7. The van der Waals surface area contributed by atoms with Gasteiger partial charge in [0.25, 0.3) is 0 Å². The molecule has 158 valence electrons. The van der Waals surface area contributed by atoms with Gasteiger partial charge in [0.1, 0.15) is 5.75 Å². The van der Waals surface area contributed by atoms with E-state index in [4.69, 9.17) is 18.9 Å². The van der Waals surface area contributed by atoms with Crippen molar-refractivity contribution in [2.75, 3.05) is 35.0 Å². The van der Waals surface area contributed by atoms with Crippen LogP contribution in [0, 0.1) is 6.92 Å². The summed E-state index contributed by atoms with van der Waals surface area (Å²) in [5.41, 5.74) is 3.18. The zero-order chi connectivity index (χ0) is 21.2. The van der Waals surface area contributed by atoms with Crippen LogP contribution in [0.4, 0.5) is 0 Å².